The third kappa shape index (κ3) is 3.26. The van der Waals surface area contributed by atoms with Gasteiger partial charge in [0, 0.05) is 37.3 Å². The van der Waals surface area contributed by atoms with Gasteiger partial charge in [0.15, 0.2) is 0 Å². The maximum absolute atomic E-state index is 6.03. The van der Waals surface area contributed by atoms with Crippen LogP contribution in [-0.4, -0.2) is 20.3 Å². The Bertz CT molecular complexity index is 806. The van der Waals surface area contributed by atoms with Crippen LogP contribution in [0.1, 0.15) is 6.42 Å². The van der Waals surface area contributed by atoms with E-state index >= 15 is 0 Å². The highest BCUT2D eigenvalue weighted by molar-refractivity contribution is 5.78. The Hall–Kier alpha value is -2.39. The normalized spacial score (nSPS) is 12.0. The predicted molar refractivity (Wildman–Crippen MR) is 88.6 cm³/mol. The Balaban J connectivity index is 2.08. The Morgan fingerprint density at radius 2 is 1.77 bits per heavy atom. The zero-order valence-corrected chi connectivity index (χ0v) is 12.7. The zero-order chi connectivity index (χ0) is 15.2. The molecule has 2 aromatic carbocycles. The number of para-hydroxylation sites is 1. The minimum atomic E-state index is 0.726. The Morgan fingerprint density at radius 3 is 2.59 bits per heavy atom. The standard InChI is InChI=1S/C19H19NO2/c1-21-13-7-12-20-17-14-19(15-8-3-2-4-9-15)22-18-11-6-5-10-16(17)18/h2-6,8-11,14H,7,12-13H2,1H3. The number of benzene rings is 2. The molecule has 0 unspecified atom stereocenters. The van der Waals surface area contributed by atoms with Crippen molar-refractivity contribution in [2.45, 2.75) is 6.42 Å². The molecule has 0 aliphatic carbocycles. The second kappa shape index (κ2) is 7.05. The van der Waals surface area contributed by atoms with Crippen LogP contribution in [-0.2, 0) is 4.74 Å². The van der Waals surface area contributed by atoms with E-state index in [1.165, 1.54) is 0 Å². The summed E-state index contributed by atoms with van der Waals surface area (Å²) in [7, 11) is 1.71. The lowest BCUT2D eigenvalue weighted by molar-refractivity contribution is 0.196. The molecule has 0 atom stereocenters. The summed E-state index contributed by atoms with van der Waals surface area (Å²) in [4.78, 5) is 4.72. The fourth-order valence-corrected chi connectivity index (χ4v) is 2.40. The number of nitrogens with zero attached hydrogens (tertiary/aromatic N) is 1. The summed E-state index contributed by atoms with van der Waals surface area (Å²) in [5.74, 6) is 0.838. The van der Waals surface area contributed by atoms with Crippen LogP contribution in [0.5, 0.6) is 0 Å². The van der Waals surface area contributed by atoms with E-state index in [2.05, 4.69) is 0 Å². The average molecular weight is 293 g/mol. The highest BCUT2D eigenvalue weighted by Crippen LogP contribution is 2.21. The zero-order valence-electron chi connectivity index (χ0n) is 12.7. The third-order valence-corrected chi connectivity index (χ3v) is 3.50. The van der Waals surface area contributed by atoms with Crippen LogP contribution in [0.4, 0.5) is 0 Å². The van der Waals surface area contributed by atoms with Crippen molar-refractivity contribution in [2.24, 2.45) is 4.99 Å². The molecule has 0 amide bonds. The van der Waals surface area contributed by atoms with Gasteiger partial charge in [0.1, 0.15) is 11.3 Å². The molecule has 3 heteroatoms. The molecule has 3 nitrogen and oxygen atoms in total. The first-order valence-electron chi connectivity index (χ1n) is 7.46. The molecule has 0 aliphatic rings. The van der Waals surface area contributed by atoms with Crippen LogP contribution < -0.4 is 5.36 Å². The summed E-state index contributed by atoms with van der Waals surface area (Å²) in [5, 5.41) is 2.01. The average Bonchev–Trinajstić information content (AvgIpc) is 2.59. The quantitative estimate of drug-likeness (QED) is 0.665. The summed E-state index contributed by atoms with van der Waals surface area (Å²) >= 11 is 0. The minimum absolute atomic E-state index is 0.726. The molecule has 0 saturated heterocycles. The lowest BCUT2D eigenvalue weighted by atomic mass is 10.1. The van der Waals surface area contributed by atoms with E-state index in [1.54, 1.807) is 7.11 Å². The van der Waals surface area contributed by atoms with Gasteiger partial charge >= 0.3 is 0 Å². The van der Waals surface area contributed by atoms with Crippen LogP contribution in [0.25, 0.3) is 22.3 Å². The van der Waals surface area contributed by atoms with Crippen molar-refractivity contribution >= 4 is 11.0 Å². The first kappa shape index (κ1) is 14.5. The van der Waals surface area contributed by atoms with Gasteiger partial charge in [-0.05, 0) is 18.6 Å². The molecule has 1 aromatic heterocycles. The van der Waals surface area contributed by atoms with Crippen LogP contribution in [0.2, 0.25) is 0 Å². The first-order valence-corrected chi connectivity index (χ1v) is 7.46. The van der Waals surface area contributed by atoms with E-state index in [9.17, 15) is 0 Å². The molecule has 0 aliphatic heterocycles. The van der Waals surface area contributed by atoms with Gasteiger partial charge in [0.2, 0.25) is 0 Å². The van der Waals surface area contributed by atoms with Gasteiger partial charge in [-0.15, -0.1) is 0 Å². The molecule has 3 rings (SSSR count). The van der Waals surface area contributed by atoms with Gasteiger partial charge < -0.3 is 9.15 Å². The minimum Gasteiger partial charge on any atom is -0.456 e. The maximum atomic E-state index is 6.03. The number of methoxy groups -OCH3 is 1. The Kier molecular flexibility index (Phi) is 4.66. The van der Waals surface area contributed by atoms with Gasteiger partial charge in [0.05, 0.1) is 5.36 Å². The fraction of sp³-hybridized carbons (Fsp3) is 0.211. The van der Waals surface area contributed by atoms with Crippen molar-refractivity contribution in [1.82, 2.24) is 0 Å². The molecule has 0 saturated carbocycles. The molecule has 112 valence electrons. The van der Waals surface area contributed by atoms with Crippen molar-refractivity contribution < 1.29 is 9.15 Å². The third-order valence-electron chi connectivity index (χ3n) is 3.50. The summed E-state index contributed by atoms with van der Waals surface area (Å²) in [5.41, 5.74) is 1.91. The van der Waals surface area contributed by atoms with Crippen molar-refractivity contribution in [3.05, 3.63) is 66.0 Å². The topological polar surface area (TPSA) is 34.7 Å². The molecule has 0 fully saturated rings. The summed E-state index contributed by atoms with van der Waals surface area (Å²) in [6.45, 7) is 1.47. The van der Waals surface area contributed by atoms with Gasteiger partial charge in [-0.3, -0.25) is 4.99 Å². The smallest absolute Gasteiger partial charge is 0.136 e. The van der Waals surface area contributed by atoms with Crippen molar-refractivity contribution in [3.63, 3.8) is 0 Å². The van der Waals surface area contributed by atoms with Gasteiger partial charge in [-0.2, -0.15) is 0 Å². The van der Waals surface area contributed by atoms with E-state index in [1.807, 2.05) is 60.7 Å². The summed E-state index contributed by atoms with van der Waals surface area (Å²) < 4.78 is 11.1. The number of hydrogen-bond donors (Lipinski definition) is 0. The monoisotopic (exact) mass is 293 g/mol. The second-order valence-corrected chi connectivity index (χ2v) is 5.09. The highest BCUT2D eigenvalue weighted by atomic mass is 16.5. The van der Waals surface area contributed by atoms with E-state index in [0.29, 0.717) is 0 Å². The first-order chi connectivity index (χ1) is 10.9. The van der Waals surface area contributed by atoms with Crippen molar-refractivity contribution in [1.29, 1.82) is 0 Å². The van der Waals surface area contributed by atoms with Crippen molar-refractivity contribution in [2.75, 3.05) is 20.3 Å². The van der Waals surface area contributed by atoms with Crippen LogP contribution >= 0.6 is 0 Å². The second-order valence-electron chi connectivity index (χ2n) is 5.09. The van der Waals surface area contributed by atoms with Crippen LogP contribution in [0.3, 0.4) is 0 Å². The van der Waals surface area contributed by atoms with Gasteiger partial charge in [0.25, 0.3) is 0 Å². The molecular weight excluding hydrogens is 274 g/mol. The Morgan fingerprint density at radius 1 is 1.00 bits per heavy atom. The summed E-state index contributed by atoms with van der Waals surface area (Å²) in [6, 6.07) is 20.1. The van der Waals surface area contributed by atoms with Crippen LogP contribution in [0.15, 0.2) is 70.1 Å². The van der Waals surface area contributed by atoms with E-state index in [4.69, 9.17) is 14.1 Å². The molecule has 0 bridgehead atoms. The molecule has 1 heterocycles. The Labute approximate surface area is 129 Å². The molecule has 0 spiro atoms. The SMILES string of the molecule is COCCCN=c1cc(-c2ccccc2)oc2ccccc12. The van der Waals surface area contributed by atoms with E-state index < -0.39 is 0 Å². The van der Waals surface area contributed by atoms with Gasteiger partial charge in [-0.1, -0.05) is 42.5 Å². The number of rotatable bonds is 5. The van der Waals surface area contributed by atoms with E-state index in [0.717, 1.165) is 47.2 Å². The maximum Gasteiger partial charge on any atom is 0.136 e. The number of fused-ring (bicyclic) bond motifs is 1. The largest absolute Gasteiger partial charge is 0.456 e. The van der Waals surface area contributed by atoms with Crippen LogP contribution in [0, 0.1) is 0 Å². The predicted octanol–water partition coefficient (Wildman–Crippen LogP) is 4.04. The lowest BCUT2D eigenvalue weighted by Gasteiger charge is -2.05. The highest BCUT2D eigenvalue weighted by Gasteiger charge is 2.04. The number of hydrogen-bond acceptors (Lipinski definition) is 3. The summed E-state index contributed by atoms with van der Waals surface area (Å²) in [6.07, 6.45) is 0.914. The number of ether oxygens (including phenoxy) is 1. The van der Waals surface area contributed by atoms with Gasteiger partial charge in [-0.25, -0.2) is 0 Å². The van der Waals surface area contributed by atoms with E-state index in [-0.39, 0.29) is 0 Å². The molecule has 3 aromatic rings. The molecular formula is C19H19NO2. The lowest BCUT2D eigenvalue weighted by Crippen LogP contribution is -2.06. The fourth-order valence-electron chi connectivity index (χ4n) is 2.40. The van der Waals surface area contributed by atoms with Crippen molar-refractivity contribution in [3.8, 4) is 11.3 Å². The molecule has 0 N–H and O–H groups in total. The molecule has 22 heavy (non-hydrogen) atoms. The molecule has 0 radical (unpaired) electrons.